The van der Waals surface area contributed by atoms with E-state index < -0.39 is 6.16 Å². The Hall–Kier alpha value is -0.990. The van der Waals surface area contributed by atoms with Gasteiger partial charge in [0.2, 0.25) is 0 Å². The molecule has 0 saturated carbocycles. The first-order valence-electron chi connectivity index (χ1n) is 15.3. The fourth-order valence-electron chi connectivity index (χ4n) is 4.29. The fourth-order valence-corrected chi connectivity index (χ4v) is 4.29. The lowest BCUT2D eigenvalue weighted by Gasteiger charge is -2.06. The number of hydrogen-bond donors (Lipinski definition) is 0. The Kier molecular flexibility index (Phi) is 29.2. The van der Waals surface area contributed by atoms with Gasteiger partial charge in [0.05, 0.1) is 13.2 Å². The SMILES string of the molecule is CCCCCCCCCCC=CCCCCCCCCOC(=O)OCCCCCCCCCC. The predicted octanol–water partition coefficient (Wildman–Crippen LogP) is 11.1. The van der Waals surface area contributed by atoms with E-state index in [9.17, 15) is 4.79 Å². The molecule has 0 radical (unpaired) electrons. The molecular formula is C31H60O3. The molecule has 202 valence electrons. The first-order chi connectivity index (χ1) is 16.8. The summed E-state index contributed by atoms with van der Waals surface area (Å²) in [6.07, 6.45) is 35.2. The molecule has 3 heteroatoms. The van der Waals surface area contributed by atoms with Gasteiger partial charge in [-0.25, -0.2) is 4.79 Å². The van der Waals surface area contributed by atoms with Crippen molar-refractivity contribution in [2.24, 2.45) is 0 Å². The maximum absolute atomic E-state index is 11.6. The maximum Gasteiger partial charge on any atom is 0.508 e. The van der Waals surface area contributed by atoms with Crippen molar-refractivity contribution in [1.82, 2.24) is 0 Å². The monoisotopic (exact) mass is 480 g/mol. The molecule has 0 unspecified atom stereocenters. The molecule has 0 aromatic heterocycles. The van der Waals surface area contributed by atoms with Crippen LogP contribution in [-0.2, 0) is 9.47 Å². The van der Waals surface area contributed by atoms with E-state index in [4.69, 9.17) is 9.47 Å². The van der Waals surface area contributed by atoms with Crippen molar-refractivity contribution in [2.75, 3.05) is 13.2 Å². The van der Waals surface area contributed by atoms with Gasteiger partial charge >= 0.3 is 6.16 Å². The number of carbonyl (C=O) groups is 1. The van der Waals surface area contributed by atoms with Crippen molar-refractivity contribution in [2.45, 2.75) is 168 Å². The zero-order valence-electron chi connectivity index (χ0n) is 23.3. The van der Waals surface area contributed by atoms with Crippen molar-refractivity contribution in [3.05, 3.63) is 12.2 Å². The summed E-state index contributed by atoms with van der Waals surface area (Å²) in [7, 11) is 0. The molecule has 0 bridgehead atoms. The number of carbonyl (C=O) groups excluding carboxylic acids is 1. The van der Waals surface area contributed by atoms with Crippen LogP contribution in [0, 0.1) is 0 Å². The molecule has 0 fully saturated rings. The quantitative estimate of drug-likeness (QED) is 0.0666. The highest BCUT2D eigenvalue weighted by Crippen LogP contribution is 2.12. The normalized spacial score (nSPS) is 11.4. The van der Waals surface area contributed by atoms with Crippen LogP contribution in [0.4, 0.5) is 4.79 Å². The Morgan fingerprint density at radius 2 is 0.735 bits per heavy atom. The Morgan fingerprint density at radius 3 is 1.09 bits per heavy atom. The first kappa shape index (κ1) is 33.0. The van der Waals surface area contributed by atoms with Gasteiger partial charge in [0.15, 0.2) is 0 Å². The van der Waals surface area contributed by atoms with E-state index in [2.05, 4.69) is 26.0 Å². The molecule has 0 spiro atoms. The van der Waals surface area contributed by atoms with E-state index in [1.165, 1.54) is 128 Å². The fraction of sp³-hybridized carbons (Fsp3) is 0.903. The van der Waals surface area contributed by atoms with Crippen LogP contribution in [0.25, 0.3) is 0 Å². The lowest BCUT2D eigenvalue weighted by molar-refractivity contribution is 0.0529. The minimum atomic E-state index is -0.485. The van der Waals surface area contributed by atoms with Gasteiger partial charge in [-0.15, -0.1) is 0 Å². The smallest absolute Gasteiger partial charge is 0.434 e. The van der Waals surface area contributed by atoms with E-state index in [1.54, 1.807) is 0 Å². The highest BCUT2D eigenvalue weighted by molar-refractivity contribution is 5.59. The Balaban J connectivity index is 3.18. The Morgan fingerprint density at radius 1 is 0.441 bits per heavy atom. The van der Waals surface area contributed by atoms with Gasteiger partial charge in [-0.3, -0.25) is 0 Å². The number of allylic oxidation sites excluding steroid dienone is 2. The number of ether oxygens (including phenoxy) is 2. The molecular weight excluding hydrogens is 420 g/mol. The molecule has 0 saturated heterocycles. The number of rotatable bonds is 27. The maximum atomic E-state index is 11.6. The van der Waals surface area contributed by atoms with Crippen LogP contribution in [0.1, 0.15) is 168 Å². The molecule has 0 rings (SSSR count). The topological polar surface area (TPSA) is 35.5 Å². The summed E-state index contributed by atoms with van der Waals surface area (Å²) in [5.41, 5.74) is 0. The van der Waals surface area contributed by atoms with Crippen molar-refractivity contribution < 1.29 is 14.3 Å². The molecule has 0 aliphatic rings. The number of unbranched alkanes of at least 4 members (excludes halogenated alkanes) is 21. The van der Waals surface area contributed by atoms with Gasteiger partial charge in [0.1, 0.15) is 0 Å². The third kappa shape index (κ3) is 29.0. The summed E-state index contributed by atoms with van der Waals surface area (Å²) in [4.78, 5) is 11.6. The summed E-state index contributed by atoms with van der Waals surface area (Å²) >= 11 is 0. The Bertz CT molecular complexity index is 419. The lowest BCUT2D eigenvalue weighted by atomic mass is 10.1. The van der Waals surface area contributed by atoms with Gasteiger partial charge < -0.3 is 9.47 Å². The summed E-state index contributed by atoms with van der Waals surface area (Å²) in [5.74, 6) is 0. The third-order valence-electron chi connectivity index (χ3n) is 6.59. The lowest BCUT2D eigenvalue weighted by Crippen LogP contribution is -2.09. The molecule has 0 N–H and O–H groups in total. The van der Waals surface area contributed by atoms with E-state index >= 15 is 0 Å². The minimum absolute atomic E-state index is 0.485. The summed E-state index contributed by atoms with van der Waals surface area (Å²) in [6, 6.07) is 0. The molecule has 0 aliphatic heterocycles. The molecule has 0 aliphatic carbocycles. The highest BCUT2D eigenvalue weighted by atomic mass is 16.7. The average molecular weight is 481 g/mol. The van der Waals surface area contributed by atoms with Gasteiger partial charge in [0, 0.05) is 0 Å². The molecule has 0 heterocycles. The molecule has 34 heavy (non-hydrogen) atoms. The predicted molar refractivity (Wildman–Crippen MR) is 149 cm³/mol. The summed E-state index contributed by atoms with van der Waals surface area (Å²) in [6.45, 7) is 5.53. The second-order valence-electron chi connectivity index (χ2n) is 10.1. The molecule has 0 amide bonds. The van der Waals surface area contributed by atoms with E-state index in [0.717, 1.165) is 25.7 Å². The van der Waals surface area contributed by atoms with Crippen molar-refractivity contribution in [1.29, 1.82) is 0 Å². The van der Waals surface area contributed by atoms with Crippen LogP contribution in [0.3, 0.4) is 0 Å². The second kappa shape index (κ2) is 30.0. The van der Waals surface area contributed by atoms with E-state index in [1.807, 2.05) is 0 Å². The van der Waals surface area contributed by atoms with Crippen LogP contribution >= 0.6 is 0 Å². The summed E-state index contributed by atoms with van der Waals surface area (Å²) < 4.78 is 10.3. The van der Waals surface area contributed by atoms with Gasteiger partial charge in [-0.05, 0) is 38.5 Å². The zero-order valence-corrected chi connectivity index (χ0v) is 23.3. The van der Waals surface area contributed by atoms with E-state index in [-0.39, 0.29) is 0 Å². The van der Waals surface area contributed by atoms with Crippen LogP contribution in [0.15, 0.2) is 12.2 Å². The second-order valence-corrected chi connectivity index (χ2v) is 10.1. The third-order valence-corrected chi connectivity index (χ3v) is 6.59. The van der Waals surface area contributed by atoms with Gasteiger partial charge in [0.25, 0.3) is 0 Å². The summed E-state index contributed by atoms with van der Waals surface area (Å²) in [5, 5.41) is 0. The average Bonchev–Trinajstić information content (AvgIpc) is 2.84. The van der Waals surface area contributed by atoms with Crippen LogP contribution < -0.4 is 0 Å². The van der Waals surface area contributed by atoms with Crippen LogP contribution in [0.5, 0.6) is 0 Å². The van der Waals surface area contributed by atoms with Gasteiger partial charge in [-0.1, -0.05) is 142 Å². The van der Waals surface area contributed by atoms with Gasteiger partial charge in [-0.2, -0.15) is 0 Å². The molecule has 0 aromatic carbocycles. The van der Waals surface area contributed by atoms with E-state index in [0.29, 0.717) is 13.2 Å². The standard InChI is InChI=1S/C31H60O3/c1-3-5-7-9-11-13-14-15-16-17-18-19-20-21-22-24-26-28-30-34-31(32)33-29-27-25-23-12-10-8-6-4-2/h17-18H,3-16,19-30H2,1-2H3. The number of hydrogen-bond acceptors (Lipinski definition) is 3. The highest BCUT2D eigenvalue weighted by Gasteiger charge is 2.03. The molecule has 3 nitrogen and oxygen atoms in total. The van der Waals surface area contributed by atoms with Crippen molar-refractivity contribution in [3.8, 4) is 0 Å². The first-order valence-corrected chi connectivity index (χ1v) is 15.3. The molecule has 0 atom stereocenters. The van der Waals surface area contributed by atoms with Crippen LogP contribution in [-0.4, -0.2) is 19.4 Å². The largest absolute Gasteiger partial charge is 0.508 e. The minimum Gasteiger partial charge on any atom is -0.434 e. The zero-order chi connectivity index (χ0) is 24.8. The Labute approximate surface area is 213 Å². The molecule has 0 aromatic rings. The van der Waals surface area contributed by atoms with Crippen molar-refractivity contribution in [3.63, 3.8) is 0 Å². The van der Waals surface area contributed by atoms with Crippen LogP contribution in [0.2, 0.25) is 0 Å². The van der Waals surface area contributed by atoms with Crippen molar-refractivity contribution >= 4 is 6.16 Å².